The van der Waals surface area contributed by atoms with Crippen molar-refractivity contribution in [3.05, 3.63) is 71.8 Å². The Bertz CT molecular complexity index is 608. The van der Waals surface area contributed by atoms with Gasteiger partial charge in [-0.1, -0.05) is 60.7 Å². The molecule has 0 spiro atoms. The smallest absolute Gasteiger partial charge is 0.167 e. The van der Waals surface area contributed by atoms with E-state index in [2.05, 4.69) is 91.8 Å². The van der Waals surface area contributed by atoms with E-state index in [9.17, 15) is 0 Å². The van der Waals surface area contributed by atoms with Gasteiger partial charge in [0.1, 0.15) is 0 Å². The van der Waals surface area contributed by atoms with Gasteiger partial charge in [0.05, 0.1) is 6.04 Å². The predicted octanol–water partition coefficient (Wildman–Crippen LogP) is 4.36. The first-order valence-corrected chi connectivity index (χ1v) is 9.80. The van der Waals surface area contributed by atoms with E-state index in [-0.39, 0.29) is 6.04 Å². The van der Waals surface area contributed by atoms with E-state index in [4.69, 9.17) is 12.2 Å². The van der Waals surface area contributed by atoms with Crippen LogP contribution in [0, 0.1) is 0 Å². The highest BCUT2D eigenvalue weighted by Gasteiger charge is 2.16. The number of nitrogens with zero attached hydrogens (tertiary/aromatic N) is 1. The molecule has 0 aliphatic heterocycles. The van der Waals surface area contributed by atoms with Crippen LogP contribution < -0.4 is 10.6 Å². The molecule has 0 amide bonds. The molecule has 2 aromatic rings. The zero-order valence-corrected chi connectivity index (χ0v) is 17.1. The summed E-state index contributed by atoms with van der Waals surface area (Å²) in [6.45, 7) is 10.7. The van der Waals surface area contributed by atoms with Crippen LogP contribution in [0.3, 0.4) is 0 Å². The van der Waals surface area contributed by atoms with Crippen LogP contribution in [0.4, 0.5) is 0 Å². The third kappa shape index (κ3) is 6.11. The van der Waals surface area contributed by atoms with Crippen LogP contribution in [0.1, 0.15) is 44.9 Å². The van der Waals surface area contributed by atoms with Gasteiger partial charge in [-0.2, -0.15) is 0 Å². The number of nitrogens with one attached hydrogen (secondary N) is 2. The molecule has 3 nitrogen and oxygen atoms in total. The van der Waals surface area contributed by atoms with E-state index in [1.165, 1.54) is 11.1 Å². The Balaban J connectivity index is 1.99. The molecule has 0 saturated carbocycles. The van der Waals surface area contributed by atoms with E-state index in [0.717, 1.165) is 13.1 Å². The predicted molar refractivity (Wildman–Crippen MR) is 115 cm³/mol. The Hall–Kier alpha value is -1.91. The Morgan fingerprint density at radius 2 is 1.31 bits per heavy atom. The maximum atomic E-state index is 5.57. The van der Waals surface area contributed by atoms with E-state index >= 15 is 0 Å². The van der Waals surface area contributed by atoms with Gasteiger partial charge >= 0.3 is 0 Å². The van der Waals surface area contributed by atoms with Crippen LogP contribution >= 0.6 is 12.2 Å². The highest BCUT2D eigenvalue weighted by Crippen LogP contribution is 2.21. The second-order valence-electron chi connectivity index (χ2n) is 7.08. The van der Waals surface area contributed by atoms with Crippen molar-refractivity contribution in [3.63, 3.8) is 0 Å². The number of hydrogen-bond acceptors (Lipinski definition) is 2. The molecule has 0 atom stereocenters. The monoisotopic (exact) mass is 369 g/mol. The third-order valence-electron chi connectivity index (χ3n) is 4.52. The minimum absolute atomic E-state index is 0.0451. The van der Waals surface area contributed by atoms with Crippen LogP contribution in [0.15, 0.2) is 60.7 Å². The lowest BCUT2D eigenvalue weighted by molar-refractivity contribution is 0.178. The molecule has 26 heavy (non-hydrogen) atoms. The Labute approximate surface area is 163 Å². The molecule has 2 N–H and O–H groups in total. The van der Waals surface area contributed by atoms with Gasteiger partial charge in [0.25, 0.3) is 0 Å². The summed E-state index contributed by atoms with van der Waals surface area (Å²) in [4.78, 5) is 2.46. The summed E-state index contributed by atoms with van der Waals surface area (Å²) in [6.07, 6.45) is 0. The largest absolute Gasteiger partial charge is 0.361 e. The number of benzene rings is 2. The summed E-state index contributed by atoms with van der Waals surface area (Å²) in [7, 11) is 0. The molecule has 2 rings (SSSR count). The zero-order chi connectivity index (χ0) is 18.9. The van der Waals surface area contributed by atoms with Crippen LogP contribution in [-0.4, -0.2) is 35.2 Å². The molecule has 4 heteroatoms. The molecule has 0 saturated heterocycles. The molecule has 0 bridgehead atoms. The lowest BCUT2D eigenvalue weighted by Crippen LogP contribution is -2.45. The Kier molecular flexibility index (Phi) is 8.07. The molecule has 0 fully saturated rings. The topological polar surface area (TPSA) is 27.3 Å². The Morgan fingerprint density at radius 3 is 1.73 bits per heavy atom. The van der Waals surface area contributed by atoms with Crippen molar-refractivity contribution in [2.24, 2.45) is 0 Å². The Morgan fingerprint density at radius 1 is 0.846 bits per heavy atom. The van der Waals surface area contributed by atoms with E-state index < -0.39 is 0 Å². The molecular formula is C22H31N3S. The third-order valence-corrected chi connectivity index (χ3v) is 4.79. The van der Waals surface area contributed by atoms with Crippen molar-refractivity contribution in [2.75, 3.05) is 13.1 Å². The molecule has 0 unspecified atom stereocenters. The molecule has 0 radical (unpaired) electrons. The standard InChI is InChI=1S/C22H31N3S/c1-17(2)25(18(3)4)16-15-23-22(26)24-21(19-11-7-5-8-12-19)20-13-9-6-10-14-20/h5-14,17-18,21H,15-16H2,1-4H3,(H2,23,24,26). The van der Waals surface area contributed by atoms with Crippen molar-refractivity contribution < 1.29 is 0 Å². The van der Waals surface area contributed by atoms with Crippen LogP contribution in [0.2, 0.25) is 0 Å². The summed E-state index contributed by atoms with van der Waals surface area (Å²) < 4.78 is 0. The molecular weight excluding hydrogens is 338 g/mol. The highest BCUT2D eigenvalue weighted by atomic mass is 32.1. The summed E-state index contributed by atoms with van der Waals surface area (Å²) in [5.74, 6) is 0. The molecule has 0 aromatic heterocycles. The highest BCUT2D eigenvalue weighted by molar-refractivity contribution is 7.80. The molecule has 0 aliphatic rings. The first-order valence-electron chi connectivity index (χ1n) is 9.39. The SMILES string of the molecule is CC(C)N(CCNC(=S)NC(c1ccccc1)c1ccccc1)C(C)C. The van der Waals surface area contributed by atoms with Gasteiger partial charge in [-0.3, -0.25) is 4.90 Å². The van der Waals surface area contributed by atoms with Crippen molar-refractivity contribution >= 4 is 17.3 Å². The van der Waals surface area contributed by atoms with Crippen molar-refractivity contribution in [2.45, 2.75) is 45.8 Å². The maximum Gasteiger partial charge on any atom is 0.167 e. The normalized spacial score (nSPS) is 11.4. The summed E-state index contributed by atoms with van der Waals surface area (Å²) in [5, 5.41) is 7.55. The number of hydrogen-bond donors (Lipinski definition) is 2. The first-order chi connectivity index (χ1) is 12.5. The second-order valence-corrected chi connectivity index (χ2v) is 7.49. The summed E-state index contributed by atoms with van der Waals surface area (Å²) in [5.41, 5.74) is 2.41. The van der Waals surface area contributed by atoms with Gasteiger partial charge in [-0.25, -0.2) is 0 Å². The maximum absolute atomic E-state index is 5.57. The van der Waals surface area contributed by atoms with E-state index in [0.29, 0.717) is 17.2 Å². The average Bonchev–Trinajstić information content (AvgIpc) is 2.64. The first kappa shape index (κ1) is 20.4. The van der Waals surface area contributed by atoms with Gasteiger partial charge in [0.2, 0.25) is 0 Å². The van der Waals surface area contributed by atoms with Crippen molar-refractivity contribution in [3.8, 4) is 0 Å². The van der Waals surface area contributed by atoms with Crippen LogP contribution in [-0.2, 0) is 0 Å². The van der Waals surface area contributed by atoms with Gasteiger partial charge in [0.15, 0.2) is 5.11 Å². The number of thiocarbonyl (C=S) groups is 1. The fourth-order valence-electron chi connectivity index (χ4n) is 3.24. The molecule has 0 heterocycles. The lowest BCUT2D eigenvalue weighted by Gasteiger charge is -2.31. The minimum atomic E-state index is 0.0451. The fraction of sp³-hybridized carbons (Fsp3) is 0.409. The molecule has 0 aliphatic carbocycles. The van der Waals surface area contributed by atoms with Gasteiger partial charge in [-0.05, 0) is 51.0 Å². The summed E-state index contributed by atoms with van der Waals surface area (Å²) >= 11 is 5.57. The average molecular weight is 370 g/mol. The van der Waals surface area contributed by atoms with Gasteiger partial charge < -0.3 is 10.6 Å². The van der Waals surface area contributed by atoms with Crippen molar-refractivity contribution in [1.82, 2.24) is 15.5 Å². The van der Waals surface area contributed by atoms with Crippen LogP contribution in [0.5, 0.6) is 0 Å². The van der Waals surface area contributed by atoms with E-state index in [1.54, 1.807) is 0 Å². The lowest BCUT2D eigenvalue weighted by atomic mass is 9.99. The molecule has 2 aromatic carbocycles. The fourth-order valence-corrected chi connectivity index (χ4v) is 3.46. The number of rotatable bonds is 8. The van der Waals surface area contributed by atoms with Gasteiger partial charge in [-0.15, -0.1) is 0 Å². The van der Waals surface area contributed by atoms with E-state index in [1.807, 2.05) is 12.1 Å². The van der Waals surface area contributed by atoms with Gasteiger partial charge in [0, 0.05) is 25.2 Å². The molecule has 140 valence electrons. The zero-order valence-electron chi connectivity index (χ0n) is 16.3. The quantitative estimate of drug-likeness (QED) is 0.676. The summed E-state index contributed by atoms with van der Waals surface area (Å²) in [6, 6.07) is 21.9. The minimum Gasteiger partial charge on any atom is -0.361 e. The second kappa shape index (κ2) is 10.3. The van der Waals surface area contributed by atoms with Crippen molar-refractivity contribution in [1.29, 1.82) is 0 Å². The van der Waals surface area contributed by atoms with Crippen LogP contribution in [0.25, 0.3) is 0 Å².